The van der Waals surface area contributed by atoms with Crippen molar-refractivity contribution in [3.63, 3.8) is 0 Å². The number of halogens is 4. The molecule has 2 nitrogen and oxygen atoms in total. The van der Waals surface area contributed by atoms with Crippen molar-refractivity contribution in [1.82, 2.24) is 0 Å². The topological polar surface area (TPSA) is 34.1 Å². The van der Waals surface area contributed by atoms with Crippen molar-refractivity contribution >= 4 is 10.2 Å². The first-order chi connectivity index (χ1) is 3.85. The third-order valence-electron chi connectivity index (χ3n) is 0.467. The van der Waals surface area contributed by atoms with Crippen molar-refractivity contribution in [2.24, 2.45) is 0 Å². The van der Waals surface area contributed by atoms with Crippen molar-refractivity contribution in [1.29, 1.82) is 0 Å². The first kappa shape index (κ1) is 8.67. The summed E-state index contributed by atoms with van der Waals surface area (Å²) in [5, 5.41) is 0. The van der Waals surface area contributed by atoms with Crippen LogP contribution in [-0.4, -0.2) is 20.3 Å². The molecule has 0 aromatic rings. The molecule has 0 heterocycles. The van der Waals surface area contributed by atoms with Crippen LogP contribution >= 0.6 is 0 Å². The molecule has 7 heteroatoms. The molecule has 0 radical (unpaired) electrons. The Hall–Kier alpha value is -0.330. The minimum absolute atomic E-state index is 3.71. The van der Waals surface area contributed by atoms with Gasteiger partial charge >= 0.3 is 10.2 Å². The molecule has 0 fully saturated rings. The molecular weight excluding hydrogens is 164 g/mol. The molecule has 56 valence electrons. The molecule has 0 aliphatic carbocycles. The Balaban J connectivity index is 4.24. The van der Waals surface area contributed by atoms with Gasteiger partial charge in [0.25, 0.3) is 11.9 Å². The lowest BCUT2D eigenvalue weighted by atomic mass is 10.8. The van der Waals surface area contributed by atoms with E-state index in [1.807, 2.05) is 0 Å². The summed E-state index contributed by atoms with van der Waals surface area (Å²) in [6.07, 6.45) is -3.82. The van der Waals surface area contributed by atoms with Crippen LogP contribution in [-0.2, 0) is 10.2 Å². The van der Waals surface area contributed by atoms with E-state index in [2.05, 4.69) is 0 Å². The smallest absolute Gasteiger partial charge is 0.220 e. The van der Waals surface area contributed by atoms with Crippen LogP contribution in [0.25, 0.3) is 0 Å². The van der Waals surface area contributed by atoms with Crippen molar-refractivity contribution in [3.8, 4) is 0 Å². The second-order valence-corrected chi connectivity index (χ2v) is 2.56. The minimum Gasteiger partial charge on any atom is -0.220 e. The predicted octanol–water partition coefficient (Wildman–Crippen LogP) is 0.846. The van der Waals surface area contributed by atoms with Gasteiger partial charge in [-0.05, 0) is 0 Å². The average molecular weight is 166 g/mol. The maximum absolute atomic E-state index is 11.3. The van der Waals surface area contributed by atoms with E-state index in [-0.39, 0.29) is 0 Å². The van der Waals surface area contributed by atoms with E-state index in [1.165, 1.54) is 0 Å². The van der Waals surface area contributed by atoms with E-state index >= 15 is 0 Å². The van der Waals surface area contributed by atoms with E-state index in [4.69, 9.17) is 0 Å². The fourth-order valence-corrected chi connectivity index (χ4v) is 0.369. The van der Waals surface area contributed by atoms with E-state index in [0.717, 1.165) is 0 Å². The summed E-state index contributed by atoms with van der Waals surface area (Å²) in [5.41, 5.74) is -3.71. The highest BCUT2D eigenvalue weighted by Crippen LogP contribution is 2.13. The molecule has 1 unspecified atom stereocenters. The molecule has 0 spiro atoms. The molecule has 0 bridgehead atoms. The zero-order chi connectivity index (χ0) is 7.65. The highest BCUT2D eigenvalue weighted by Gasteiger charge is 2.33. The van der Waals surface area contributed by atoms with Crippen LogP contribution < -0.4 is 0 Å². The third-order valence-corrected chi connectivity index (χ3v) is 1.21. The normalized spacial score (nSPS) is 16.1. The van der Waals surface area contributed by atoms with Crippen molar-refractivity contribution < 1.29 is 25.5 Å². The zero-order valence-electron chi connectivity index (χ0n) is 3.89. The second kappa shape index (κ2) is 2.51. The van der Waals surface area contributed by atoms with Crippen LogP contribution in [0.3, 0.4) is 0 Å². The van der Waals surface area contributed by atoms with Crippen molar-refractivity contribution in [2.75, 3.05) is 0 Å². The van der Waals surface area contributed by atoms with Gasteiger partial charge in [-0.2, -0.15) is 8.42 Å². The lowest BCUT2D eigenvalue weighted by Crippen LogP contribution is -2.19. The SMILES string of the molecule is O=S(=O)(F)C(F)C(F)F. The molecule has 0 aromatic carbocycles. The Morgan fingerprint density at radius 3 is 1.44 bits per heavy atom. The number of hydrogen-bond acceptors (Lipinski definition) is 2. The van der Waals surface area contributed by atoms with Gasteiger partial charge in [-0.25, -0.2) is 13.2 Å². The molecule has 0 aliphatic heterocycles. The van der Waals surface area contributed by atoms with Gasteiger partial charge in [0.2, 0.25) is 0 Å². The number of hydrogen-bond donors (Lipinski definition) is 0. The molecule has 1 atom stereocenters. The fourth-order valence-electron chi connectivity index (χ4n) is 0.123. The van der Waals surface area contributed by atoms with E-state index < -0.39 is 22.2 Å². The Morgan fingerprint density at radius 2 is 1.44 bits per heavy atom. The molecule has 0 rings (SSSR count). The van der Waals surface area contributed by atoms with Crippen LogP contribution in [0.2, 0.25) is 0 Å². The summed E-state index contributed by atoms with van der Waals surface area (Å²) in [6, 6.07) is 0. The monoisotopic (exact) mass is 166 g/mol. The standard InChI is InChI=1S/C2H2F4O2S/c3-1(4)2(5)9(6,7)8/h1-2H. The van der Waals surface area contributed by atoms with Crippen LogP contribution in [0.1, 0.15) is 0 Å². The fraction of sp³-hybridized carbons (Fsp3) is 1.00. The molecular formula is C2H2F4O2S. The van der Waals surface area contributed by atoms with Crippen molar-refractivity contribution in [2.45, 2.75) is 11.9 Å². The molecule has 9 heavy (non-hydrogen) atoms. The van der Waals surface area contributed by atoms with E-state index in [1.54, 1.807) is 0 Å². The van der Waals surface area contributed by atoms with Gasteiger partial charge in [0.1, 0.15) is 0 Å². The zero-order valence-corrected chi connectivity index (χ0v) is 4.71. The van der Waals surface area contributed by atoms with Crippen LogP contribution in [0.15, 0.2) is 0 Å². The summed E-state index contributed by atoms with van der Waals surface area (Å²) in [4.78, 5) is 0. The van der Waals surface area contributed by atoms with Gasteiger partial charge in [-0.3, -0.25) is 0 Å². The van der Waals surface area contributed by atoms with Gasteiger partial charge in [-0.15, -0.1) is 3.89 Å². The van der Waals surface area contributed by atoms with Gasteiger partial charge in [0, 0.05) is 0 Å². The highest BCUT2D eigenvalue weighted by molar-refractivity contribution is 7.86. The Morgan fingerprint density at radius 1 is 1.11 bits per heavy atom. The van der Waals surface area contributed by atoms with Crippen LogP contribution in [0.4, 0.5) is 17.1 Å². The van der Waals surface area contributed by atoms with Crippen LogP contribution in [0.5, 0.6) is 0 Å². The number of alkyl halides is 3. The summed E-state index contributed by atoms with van der Waals surface area (Å²) < 4.78 is 62.8. The summed E-state index contributed by atoms with van der Waals surface area (Å²) in [7, 11) is -5.72. The molecule has 0 saturated heterocycles. The Bertz CT molecular complexity index is 173. The molecule has 0 aromatic heterocycles. The first-order valence-corrected chi connectivity index (χ1v) is 3.16. The maximum Gasteiger partial charge on any atom is 0.340 e. The quantitative estimate of drug-likeness (QED) is 0.450. The summed E-state index contributed by atoms with van der Waals surface area (Å²) >= 11 is 0. The Kier molecular flexibility index (Phi) is 2.41. The van der Waals surface area contributed by atoms with Crippen LogP contribution in [0, 0.1) is 0 Å². The van der Waals surface area contributed by atoms with Crippen molar-refractivity contribution in [3.05, 3.63) is 0 Å². The van der Waals surface area contributed by atoms with Gasteiger partial charge in [0.05, 0.1) is 0 Å². The summed E-state index contributed by atoms with van der Waals surface area (Å²) in [6.45, 7) is 0. The lowest BCUT2D eigenvalue weighted by molar-refractivity contribution is 0.0879. The minimum atomic E-state index is -5.72. The molecule has 0 saturated carbocycles. The highest BCUT2D eigenvalue weighted by atomic mass is 32.3. The average Bonchev–Trinajstić information content (AvgIpc) is 1.62. The maximum atomic E-state index is 11.3. The van der Waals surface area contributed by atoms with Gasteiger partial charge in [0.15, 0.2) is 0 Å². The molecule has 0 N–H and O–H groups in total. The van der Waals surface area contributed by atoms with Gasteiger partial charge < -0.3 is 0 Å². The number of rotatable bonds is 2. The summed E-state index contributed by atoms with van der Waals surface area (Å²) in [5.74, 6) is 0. The Labute approximate surface area is 48.7 Å². The van der Waals surface area contributed by atoms with E-state index in [9.17, 15) is 25.5 Å². The third kappa shape index (κ3) is 2.64. The lowest BCUT2D eigenvalue weighted by Gasteiger charge is -1.98. The largest absolute Gasteiger partial charge is 0.340 e. The molecule has 0 amide bonds. The first-order valence-electron chi connectivity index (χ1n) is 1.71. The predicted molar refractivity (Wildman–Crippen MR) is 20.9 cm³/mol. The van der Waals surface area contributed by atoms with Gasteiger partial charge in [-0.1, -0.05) is 0 Å². The molecule has 0 aliphatic rings. The van der Waals surface area contributed by atoms with E-state index in [0.29, 0.717) is 0 Å². The second-order valence-electron chi connectivity index (χ2n) is 1.16.